The second-order valence-electron chi connectivity index (χ2n) is 2.52. The number of nitrogens with zero attached hydrogens (tertiary/aromatic N) is 1. The van der Waals surface area contributed by atoms with Gasteiger partial charge in [-0.3, -0.25) is 0 Å². The van der Waals surface area contributed by atoms with Crippen LogP contribution in [0.1, 0.15) is 26.7 Å². The fourth-order valence-electron chi connectivity index (χ4n) is 1.01. The first-order chi connectivity index (χ1) is 5.70. The van der Waals surface area contributed by atoms with E-state index >= 15 is 0 Å². The fraction of sp³-hybridized carbons (Fsp3) is 0.667. The Morgan fingerprint density at radius 2 is 1.83 bits per heavy atom. The second kappa shape index (κ2) is 5.63. The van der Waals surface area contributed by atoms with E-state index in [9.17, 15) is 4.79 Å². The number of piperidine rings is 1. The van der Waals surface area contributed by atoms with Crippen LogP contribution >= 0.6 is 0 Å². The molecule has 0 aromatic carbocycles. The second-order valence-corrected chi connectivity index (χ2v) is 2.52. The smallest absolute Gasteiger partial charge is 0.407 e. The first-order valence-electron chi connectivity index (χ1n) is 4.34. The van der Waals surface area contributed by atoms with Crippen molar-refractivity contribution in [2.45, 2.75) is 26.7 Å². The summed E-state index contributed by atoms with van der Waals surface area (Å²) in [6, 6.07) is 0. The standard InChI is InChI=1S/C7H11NO2.C2H6/c1-6-2-4-8(5-3-6)7(9)10;1-2/h1-5H2,(H,9,10);1-2H3. The zero-order valence-corrected chi connectivity index (χ0v) is 7.84. The van der Waals surface area contributed by atoms with Crippen molar-refractivity contribution in [3.63, 3.8) is 0 Å². The van der Waals surface area contributed by atoms with Gasteiger partial charge in [-0.15, -0.1) is 0 Å². The largest absolute Gasteiger partial charge is 0.465 e. The van der Waals surface area contributed by atoms with Crippen LogP contribution in [0.4, 0.5) is 4.79 Å². The maximum atomic E-state index is 10.4. The number of hydrogen-bond acceptors (Lipinski definition) is 1. The highest BCUT2D eigenvalue weighted by atomic mass is 16.4. The van der Waals surface area contributed by atoms with Gasteiger partial charge in [-0.25, -0.2) is 4.79 Å². The molecule has 0 saturated carbocycles. The van der Waals surface area contributed by atoms with E-state index < -0.39 is 6.09 Å². The van der Waals surface area contributed by atoms with E-state index in [0.717, 1.165) is 18.4 Å². The molecule has 1 fully saturated rings. The van der Waals surface area contributed by atoms with Crippen molar-refractivity contribution < 1.29 is 9.90 Å². The van der Waals surface area contributed by atoms with Crippen LogP contribution < -0.4 is 0 Å². The maximum Gasteiger partial charge on any atom is 0.407 e. The van der Waals surface area contributed by atoms with Crippen molar-refractivity contribution >= 4 is 6.09 Å². The van der Waals surface area contributed by atoms with Crippen molar-refractivity contribution in [3.8, 4) is 0 Å². The number of carboxylic acid groups (broad SMARTS) is 1. The first kappa shape index (κ1) is 11.0. The van der Waals surface area contributed by atoms with Crippen LogP contribution in [0.15, 0.2) is 12.2 Å². The van der Waals surface area contributed by atoms with Crippen LogP contribution in [-0.2, 0) is 0 Å². The Balaban J connectivity index is 0.000000561. The minimum absolute atomic E-state index is 0.619. The summed E-state index contributed by atoms with van der Waals surface area (Å²) in [5.74, 6) is 0. The van der Waals surface area contributed by atoms with Gasteiger partial charge in [0.2, 0.25) is 0 Å². The molecule has 3 nitrogen and oxygen atoms in total. The zero-order chi connectivity index (χ0) is 9.56. The van der Waals surface area contributed by atoms with E-state index in [2.05, 4.69) is 6.58 Å². The molecule has 1 N–H and O–H groups in total. The minimum Gasteiger partial charge on any atom is -0.465 e. The van der Waals surface area contributed by atoms with Crippen molar-refractivity contribution in [3.05, 3.63) is 12.2 Å². The molecule has 3 heteroatoms. The normalized spacial score (nSPS) is 16.5. The van der Waals surface area contributed by atoms with Crippen molar-refractivity contribution in [1.29, 1.82) is 0 Å². The molecule has 1 amide bonds. The lowest BCUT2D eigenvalue weighted by Crippen LogP contribution is -2.34. The average molecular weight is 171 g/mol. The van der Waals surface area contributed by atoms with E-state index in [4.69, 9.17) is 5.11 Å². The Morgan fingerprint density at radius 3 is 2.17 bits per heavy atom. The van der Waals surface area contributed by atoms with Crippen LogP contribution in [0.25, 0.3) is 0 Å². The topological polar surface area (TPSA) is 40.5 Å². The predicted octanol–water partition coefficient (Wildman–Crippen LogP) is 2.34. The Hall–Kier alpha value is -0.990. The third kappa shape index (κ3) is 3.42. The number of rotatable bonds is 0. The Kier molecular flexibility index (Phi) is 5.17. The average Bonchev–Trinajstić information content (AvgIpc) is 2.09. The van der Waals surface area contributed by atoms with Crippen molar-refractivity contribution in [1.82, 2.24) is 4.90 Å². The maximum absolute atomic E-state index is 10.4. The molecule has 12 heavy (non-hydrogen) atoms. The summed E-state index contributed by atoms with van der Waals surface area (Å²) in [4.78, 5) is 11.8. The number of carbonyl (C=O) groups is 1. The Bertz CT molecular complexity index is 156. The lowest BCUT2D eigenvalue weighted by molar-refractivity contribution is 0.142. The molecule has 1 saturated heterocycles. The van der Waals surface area contributed by atoms with Gasteiger partial charge in [0, 0.05) is 13.1 Å². The van der Waals surface area contributed by atoms with Gasteiger partial charge in [0.1, 0.15) is 0 Å². The molecule has 0 bridgehead atoms. The molecule has 0 radical (unpaired) electrons. The quantitative estimate of drug-likeness (QED) is 0.568. The van der Waals surface area contributed by atoms with Gasteiger partial charge in [0.15, 0.2) is 0 Å². The number of likely N-dealkylation sites (tertiary alicyclic amines) is 1. The highest BCUT2D eigenvalue weighted by Gasteiger charge is 2.15. The van der Waals surface area contributed by atoms with Crippen LogP contribution in [0.3, 0.4) is 0 Å². The summed E-state index contributed by atoms with van der Waals surface area (Å²) >= 11 is 0. The highest BCUT2D eigenvalue weighted by Crippen LogP contribution is 2.13. The monoisotopic (exact) mass is 171 g/mol. The molecule has 0 atom stereocenters. The van der Waals surface area contributed by atoms with Gasteiger partial charge >= 0.3 is 6.09 Å². The van der Waals surface area contributed by atoms with Gasteiger partial charge < -0.3 is 10.0 Å². The van der Waals surface area contributed by atoms with Gasteiger partial charge in [-0.1, -0.05) is 26.0 Å². The van der Waals surface area contributed by atoms with Crippen LogP contribution in [0.2, 0.25) is 0 Å². The molecule has 1 aliphatic heterocycles. The summed E-state index contributed by atoms with van der Waals surface area (Å²) in [5.41, 5.74) is 1.16. The van der Waals surface area contributed by atoms with Gasteiger partial charge in [-0.05, 0) is 12.8 Å². The molecule has 70 valence electrons. The number of hydrogen-bond donors (Lipinski definition) is 1. The molecule has 1 rings (SSSR count). The van der Waals surface area contributed by atoms with Gasteiger partial charge in [0.25, 0.3) is 0 Å². The van der Waals surface area contributed by atoms with Gasteiger partial charge in [-0.2, -0.15) is 0 Å². The lowest BCUT2D eigenvalue weighted by Gasteiger charge is -2.24. The third-order valence-electron chi connectivity index (χ3n) is 1.74. The first-order valence-corrected chi connectivity index (χ1v) is 4.34. The molecule has 1 aliphatic rings. The summed E-state index contributed by atoms with van der Waals surface area (Å²) in [5, 5.41) is 8.52. The van der Waals surface area contributed by atoms with Crippen LogP contribution in [0.5, 0.6) is 0 Å². The molecule has 0 aromatic heterocycles. The van der Waals surface area contributed by atoms with Crippen molar-refractivity contribution in [2.24, 2.45) is 0 Å². The van der Waals surface area contributed by atoms with Crippen molar-refractivity contribution in [2.75, 3.05) is 13.1 Å². The SMILES string of the molecule is C=C1CCN(C(=O)O)CC1.CC. The Morgan fingerprint density at radius 1 is 1.42 bits per heavy atom. The fourth-order valence-corrected chi connectivity index (χ4v) is 1.01. The Labute approximate surface area is 73.7 Å². The highest BCUT2D eigenvalue weighted by molar-refractivity contribution is 5.65. The van der Waals surface area contributed by atoms with E-state index in [0.29, 0.717) is 13.1 Å². The zero-order valence-electron chi connectivity index (χ0n) is 7.84. The summed E-state index contributed by atoms with van der Waals surface area (Å²) in [6.45, 7) is 9.03. The molecular formula is C9H17NO2. The van der Waals surface area contributed by atoms with E-state index in [-0.39, 0.29) is 0 Å². The summed E-state index contributed by atoms with van der Waals surface area (Å²) in [7, 11) is 0. The van der Waals surface area contributed by atoms with E-state index in [1.165, 1.54) is 4.90 Å². The van der Waals surface area contributed by atoms with Crippen LogP contribution in [-0.4, -0.2) is 29.2 Å². The van der Waals surface area contributed by atoms with Crippen LogP contribution in [0, 0.1) is 0 Å². The van der Waals surface area contributed by atoms with Gasteiger partial charge in [0.05, 0.1) is 0 Å². The molecule has 0 aliphatic carbocycles. The van der Waals surface area contributed by atoms with E-state index in [1.54, 1.807) is 0 Å². The van der Waals surface area contributed by atoms with E-state index in [1.807, 2.05) is 13.8 Å². The number of amides is 1. The molecule has 0 unspecified atom stereocenters. The molecule has 0 spiro atoms. The summed E-state index contributed by atoms with van der Waals surface area (Å²) in [6.07, 6.45) is 0.839. The third-order valence-corrected chi connectivity index (χ3v) is 1.74. The summed E-state index contributed by atoms with van der Waals surface area (Å²) < 4.78 is 0. The lowest BCUT2D eigenvalue weighted by atomic mass is 10.1. The molecular weight excluding hydrogens is 154 g/mol. The predicted molar refractivity (Wildman–Crippen MR) is 49.3 cm³/mol. The molecule has 0 aromatic rings. The minimum atomic E-state index is -0.812. The molecule has 1 heterocycles.